The summed E-state index contributed by atoms with van der Waals surface area (Å²) >= 11 is 7.36. The number of hydrogen-bond donors (Lipinski definition) is 2. The molecular weight excluding hydrogens is 377 g/mol. The molecule has 134 valence electrons. The SMILES string of the molecule is O=C(CCNC(=O)c1ccc(F)cc1Cl)NCc1nc2ccccc2s1. The van der Waals surface area contributed by atoms with E-state index < -0.39 is 11.7 Å². The van der Waals surface area contributed by atoms with Crippen LogP contribution in [0.25, 0.3) is 10.2 Å². The average molecular weight is 392 g/mol. The molecule has 5 nitrogen and oxygen atoms in total. The molecule has 0 atom stereocenters. The maximum Gasteiger partial charge on any atom is 0.252 e. The molecule has 0 aliphatic heterocycles. The molecule has 3 rings (SSSR count). The zero-order valence-corrected chi connectivity index (χ0v) is 15.2. The van der Waals surface area contributed by atoms with E-state index in [0.29, 0.717) is 6.54 Å². The van der Waals surface area contributed by atoms with E-state index in [-0.39, 0.29) is 29.5 Å². The summed E-state index contributed by atoms with van der Waals surface area (Å²) in [7, 11) is 0. The molecule has 0 saturated heterocycles. The Hall–Kier alpha value is -2.51. The summed E-state index contributed by atoms with van der Waals surface area (Å²) in [6, 6.07) is 11.3. The second-order valence-corrected chi connectivity index (χ2v) is 7.00. The normalized spacial score (nSPS) is 10.7. The predicted octanol–water partition coefficient (Wildman–Crippen LogP) is 3.53. The fraction of sp³-hybridized carbons (Fsp3) is 0.167. The van der Waals surface area contributed by atoms with Gasteiger partial charge in [0.15, 0.2) is 0 Å². The Balaban J connectivity index is 1.44. The zero-order chi connectivity index (χ0) is 18.5. The van der Waals surface area contributed by atoms with Crippen LogP contribution in [0.3, 0.4) is 0 Å². The molecular formula is C18H15ClFN3O2S. The summed E-state index contributed by atoms with van der Waals surface area (Å²) in [6.07, 6.45) is 0.120. The highest BCUT2D eigenvalue weighted by Gasteiger charge is 2.11. The van der Waals surface area contributed by atoms with Crippen LogP contribution >= 0.6 is 22.9 Å². The number of carbonyl (C=O) groups excluding carboxylic acids is 2. The fourth-order valence-corrected chi connectivity index (χ4v) is 3.48. The van der Waals surface area contributed by atoms with Crippen LogP contribution in [0, 0.1) is 5.82 Å². The first-order valence-electron chi connectivity index (χ1n) is 7.87. The molecule has 0 saturated carbocycles. The van der Waals surface area contributed by atoms with Crippen molar-refractivity contribution in [3.05, 3.63) is 63.9 Å². The summed E-state index contributed by atoms with van der Waals surface area (Å²) in [4.78, 5) is 28.3. The number of halogens is 2. The first-order chi connectivity index (χ1) is 12.5. The second kappa shape index (κ2) is 8.25. The number of hydrogen-bond acceptors (Lipinski definition) is 4. The van der Waals surface area contributed by atoms with Gasteiger partial charge in [-0.1, -0.05) is 23.7 Å². The van der Waals surface area contributed by atoms with E-state index in [4.69, 9.17) is 11.6 Å². The van der Waals surface area contributed by atoms with Gasteiger partial charge in [-0.25, -0.2) is 9.37 Å². The van der Waals surface area contributed by atoms with E-state index >= 15 is 0 Å². The molecule has 3 aromatic rings. The third-order valence-corrected chi connectivity index (χ3v) is 4.94. The minimum atomic E-state index is -0.513. The van der Waals surface area contributed by atoms with Gasteiger partial charge in [0.25, 0.3) is 5.91 Å². The summed E-state index contributed by atoms with van der Waals surface area (Å²) in [6.45, 7) is 0.494. The Bertz CT molecular complexity index is 928. The van der Waals surface area contributed by atoms with Gasteiger partial charge in [0, 0.05) is 13.0 Å². The van der Waals surface area contributed by atoms with Crippen LogP contribution in [-0.2, 0) is 11.3 Å². The third-order valence-electron chi connectivity index (χ3n) is 3.59. The summed E-state index contributed by atoms with van der Waals surface area (Å²) < 4.78 is 14.1. The number of nitrogens with one attached hydrogen (secondary N) is 2. The highest BCUT2D eigenvalue weighted by atomic mass is 35.5. The van der Waals surface area contributed by atoms with Crippen molar-refractivity contribution in [3.8, 4) is 0 Å². The van der Waals surface area contributed by atoms with Crippen molar-refractivity contribution in [3.63, 3.8) is 0 Å². The summed E-state index contributed by atoms with van der Waals surface area (Å²) in [5.74, 6) is -1.16. The van der Waals surface area contributed by atoms with Gasteiger partial charge in [0.05, 0.1) is 27.3 Å². The minimum absolute atomic E-state index is 0.0304. The number of thiazole rings is 1. The van der Waals surface area contributed by atoms with Crippen molar-refractivity contribution >= 4 is 45.0 Å². The summed E-state index contributed by atoms with van der Waals surface area (Å²) in [5.41, 5.74) is 1.08. The van der Waals surface area contributed by atoms with Crippen molar-refractivity contribution in [2.45, 2.75) is 13.0 Å². The Morgan fingerprint density at radius 3 is 2.73 bits per heavy atom. The van der Waals surface area contributed by atoms with Crippen LogP contribution in [-0.4, -0.2) is 23.3 Å². The Morgan fingerprint density at radius 1 is 1.15 bits per heavy atom. The van der Waals surface area contributed by atoms with Crippen LogP contribution in [0.5, 0.6) is 0 Å². The van der Waals surface area contributed by atoms with E-state index in [1.807, 2.05) is 24.3 Å². The summed E-state index contributed by atoms with van der Waals surface area (Å²) in [5, 5.41) is 6.22. The number of benzene rings is 2. The molecule has 2 aromatic carbocycles. The van der Waals surface area contributed by atoms with Gasteiger partial charge in [0.2, 0.25) is 5.91 Å². The van der Waals surface area contributed by atoms with Crippen LogP contribution in [0.1, 0.15) is 21.8 Å². The predicted molar refractivity (Wildman–Crippen MR) is 99.8 cm³/mol. The molecule has 2 N–H and O–H groups in total. The van der Waals surface area contributed by atoms with E-state index in [1.54, 1.807) is 0 Å². The minimum Gasteiger partial charge on any atom is -0.351 e. The first-order valence-corrected chi connectivity index (χ1v) is 9.07. The molecule has 8 heteroatoms. The van der Waals surface area contributed by atoms with Crippen molar-refractivity contribution in [1.82, 2.24) is 15.6 Å². The number of carbonyl (C=O) groups is 2. The molecule has 0 bridgehead atoms. The van der Waals surface area contributed by atoms with Crippen molar-refractivity contribution in [1.29, 1.82) is 0 Å². The Morgan fingerprint density at radius 2 is 1.96 bits per heavy atom. The molecule has 1 heterocycles. The second-order valence-electron chi connectivity index (χ2n) is 5.48. The highest BCUT2D eigenvalue weighted by Crippen LogP contribution is 2.21. The lowest BCUT2D eigenvalue weighted by molar-refractivity contribution is -0.121. The van der Waals surface area contributed by atoms with Gasteiger partial charge < -0.3 is 10.6 Å². The maximum absolute atomic E-state index is 13.0. The average Bonchev–Trinajstić information content (AvgIpc) is 3.03. The van der Waals surface area contributed by atoms with Gasteiger partial charge in [-0.05, 0) is 30.3 Å². The maximum atomic E-state index is 13.0. The van der Waals surface area contributed by atoms with Crippen molar-refractivity contribution < 1.29 is 14.0 Å². The van der Waals surface area contributed by atoms with Gasteiger partial charge in [-0.3, -0.25) is 9.59 Å². The number of para-hydroxylation sites is 1. The molecule has 1 aromatic heterocycles. The molecule has 26 heavy (non-hydrogen) atoms. The molecule has 0 fully saturated rings. The third kappa shape index (κ3) is 4.56. The van der Waals surface area contributed by atoms with E-state index in [9.17, 15) is 14.0 Å². The van der Waals surface area contributed by atoms with Crippen LogP contribution < -0.4 is 10.6 Å². The molecule has 0 spiro atoms. The van der Waals surface area contributed by atoms with Gasteiger partial charge >= 0.3 is 0 Å². The smallest absolute Gasteiger partial charge is 0.252 e. The monoisotopic (exact) mass is 391 g/mol. The van der Waals surface area contributed by atoms with Crippen LogP contribution in [0.15, 0.2) is 42.5 Å². The number of fused-ring (bicyclic) bond motifs is 1. The van der Waals surface area contributed by atoms with Crippen LogP contribution in [0.2, 0.25) is 5.02 Å². The number of aromatic nitrogens is 1. The van der Waals surface area contributed by atoms with Crippen molar-refractivity contribution in [2.75, 3.05) is 6.54 Å². The van der Waals surface area contributed by atoms with Gasteiger partial charge in [-0.2, -0.15) is 0 Å². The first kappa shape index (κ1) is 18.3. The highest BCUT2D eigenvalue weighted by molar-refractivity contribution is 7.18. The van der Waals surface area contributed by atoms with Gasteiger partial charge in [0.1, 0.15) is 10.8 Å². The quantitative estimate of drug-likeness (QED) is 0.675. The topological polar surface area (TPSA) is 71.1 Å². The number of amides is 2. The molecule has 0 aliphatic rings. The largest absolute Gasteiger partial charge is 0.351 e. The Kier molecular flexibility index (Phi) is 5.80. The molecule has 0 aliphatic carbocycles. The number of nitrogens with zero attached hydrogens (tertiary/aromatic N) is 1. The zero-order valence-electron chi connectivity index (χ0n) is 13.6. The molecule has 2 amide bonds. The van der Waals surface area contributed by atoms with E-state index in [1.165, 1.54) is 17.4 Å². The lowest BCUT2D eigenvalue weighted by atomic mass is 10.2. The van der Waals surface area contributed by atoms with E-state index in [2.05, 4.69) is 15.6 Å². The Labute approximate surface area is 158 Å². The number of rotatable bonds is 6. The molecule has 0 radical (unpaired) electrons. The van der Waals surface area contributed by atoms with Gasteiger partial charge in [-0.15, -0.1) is 11.3 Å². The van der Waals surface area contributed by atoms with Crippen molar-refractivity contribution in [2.24, 2.45) is 0 Å². The van der Waals surface area contributed by atoms with E-state index in [0.717, 1.165) is 27.4 Å². The lowest BCUT2D eigenvalue weighted by Crippen LogP contribution is -2.30. The lowest BCUT2D eigenvalue weighted by Gasteiger charge is -2.07. The molecule has 0 unspecified atom stereocenters. The standard InChI is InChI=1S/C18H15ClFN3O2S/c19-13-9-11(20)5-6-12(13)18(25)21-8-7-16(24)22-10-17-23-14-3-1-2-4-15(14)26-17/h1-6,9H,7-8,10H2,(H,21,25)(H,22,24). The van der Waals surface area contributed by atoms with Crippen LogP contribution in [0.4, 0.5) is 4.39 Å². The fourth-order valence-electron chi connectivity index (χ4n) is 2.32.